The van der Waals surface area contributed by atoms with E-state index in [-0.39, 0.29) is 18.2 Å². The number of nitrogens with zero attached hydrogens (tertiary/aromatic N) is 2. The van der Waals surface area contributed by atoms with Gasteiger partial charge in [0.1, 0.15) is 5.82 Å². The zero-order chi connectivity index (χ0) is 11.5. The summed E-state index contributed by atoms with van der Waals surface area (Å²) in [5.41, 5.74) is 7.61. The Morgan fingerprint density at radius 3 is 2.71 bits per heavy atom. The maximum atomic E-state index is 13.7. The fourth-order valence-electron chi connectivity index (χ4n) is 1.60. The second kappa shape index (κ2) is 5.80. The van der Waals surface area contributed by atoms with Gasteiger partial charge in [-0.1, -0.05) is 12.1 Å². The van der Waals surface area contributed by atoms with E-state index in [2.05, 4.69) is 5.10 Å². The second-order valence-corrected chi connectivity index (χ2v) is 3.60. The van der Waals surface area contributed by atoms with Crippen LogP contribution in [-0.2, 0) is 13.1 Å². The van der Waals surface area contributed by atoms with Crippen molar-refractivity contribution in [1.82, 2.24) is 9.78 Å². The van der Waals surface area contributed by atoms with E-state index in [1.165, 1.54) is 6.07 Å². The van der Waals surface area contributed by atoms with Gasteiger partial charge in [-0.25, -0.2) is 4.39 Å². The van der Waals surface area contributed by atoms with E-state index in [1.807, 2.05) is 19.2 Å². The highest BCUT2D eigenvalue weighted by Gasteiger charge is 2.07. The summed E-state index contributed by atoms with van der Waals surface area (Å²) in [4.78, 5) is 0. The molecule has 0 atom stereocenters. The third-order valence-corrected chi connectivity index (χ3v) is 2.54. The second-order valence-electron chi connectivity index (χ2n) is 3.60. The topological polar surface area (TPSA) is 43.8 Å². The van der Waals surface area contributed by atoms with Crippen LogP contribution in [0.3, 0.4) is 0 Å². The SMILES string of the molecule is CCn1cc(-c2ccc(CN)cc2F)cn1.Cl. The van der Waals surface area contributed by atoms with E-state index < -0.39 is 0 Å². The van der Waals surface area contributed by atoms with Crippen LogP contribution in [-0.4, -0.2) is 9.78 Å². The fraction of sp³-hybridized carbons (Fsp3) is 0.250. The Kier molecular flexibility index (Phi) is 4.66. The van der Waals surface area contributed by atoms with E-state index in [0.717, 1.165) is 17.7 Å². The number of halogens is 2. The van der Waals surface area contributed by atoms with E-state index in [1.54, 1.807) is 16.9 Å². The maximum absolute atomic E-state index is 13.7. The van der Waals surface area contributed by atoms with Crippen molar-refractivity contribution in [3.63, 3.8) is 0 Å². The van der Waals surface area contributed by atoms with E-state index >= 15 is 0 Å². The lowest BCUT2D eigenvalue weighted by atomic mass is 10.1. The first-order chi connectivity index (χ1) is 7.74. The van der Waals surface area contributed by atoms with Crippen LogP contribution in [0.4, 0.5) is 4.39 Å². The third-order valence-electron chi connectivity index (χ3n) is 2.54. The average molecular weight is 256 g/mol. The minimum atomic E-state index is -0.251. The van der Waals surface area contributed by atoms with Crippen LogP contribution < -0.4 is 5.73 Å². The molecule has 92 valence electrons. The van der Waals surface area contributed by atoms with Crippen LogP contribution >= 0.6 is 12.4 Å². The molecule has 0 radical (unpaired) electrons. The van der Waals surface area contributed by atoms with Gasteiger partial charge in [-0.05, 0) is 18.6 Å². The monoisotopic (exact) mass is 255 g/mol. The van der Waals surface area contributed by atoms with Crippen LogP contribution in [0.25, 0.3) is 11.1 Å². The summed E-state index contributed by atoms with van der Waals surface area (Å²) in [5.74, 6) is -0.251. The summed E-state index contributed by atoms with van der Waals surface area (Å²) in [6.07, 6.45) is 3.50. The van der Waals surface area contributed by atoms with Crippen molar-refractivity contribution in [2.75, 3.05) is 0 Å². The summed E-state index contributed by atoms with van der Waals surface area (Å²) in [6, 6.07) is 5.05. The first-order valence-electron chi connectivity index (χ1n) is 5.26. The summed E-state index contributed by atoms with van der Waals surface area (Å²) in [5, 5.41) is 4.12. The van der Waals surface area contributed by atoms with Crippen LogP contribution in [0, 0.1) is 5.82 Å². The summed E-state index contributed by atoms with van der Waals surface area (Å²) < 4.78 is 15.5. The standard InChI is InChI=1S/C12H14FN3.ClH/c1-2-16-8-10(7-15-16)11-4-3-9(6-14)5-12(11)13;/h3-5,7-8H,2,6,14H2,1H3;1H. The van der Waals surface area contributed by atoms with Gasteiger partial charge in [0.25, 0.3) is 0 Å². The Hall–Kier alpha value is -1.39. The molecule has 0 fully saturated rings. The number of benzene rings is 1. The fourth-order valence-corrected chi connectivity index (χ4v) is 1.60. The van der Waals surface area contributed by atoms with Gasteiger partial charge in [0.15, 0.2) is 0 Å². The molecule has 0 bridgehead atoms. The molecule has 1 heterocycles. The molecule has 0 aliphatic rings. The van der Waals surface area contributed by atoms with Crippen molar-refractivity contribution in [2.24, 2.45) is 5.73 Å². The van der Waals surface area contributed by atoms with Gasteiger partial charge >= 0.3 is 0 Å². The molecule has 2 aromatic rings. The molecule has 3 nitrogen and oxygen atoms in total. The van der Waals surface area contributed by atoms with Crippen LogP contribution in [0.15, 0.2) is 30.6 Å². The molecular weight excluding hydrogens is 241 g/mol. The maximum Gasteiger partial charge on any atom is 0.131 e. The van der Waals surface area contributed by atoms with Crippen LogP contribution in [0.5, 0.6) is 0 Å². The van der Waals surface area contributed by atoms with Gasteiger partial charge in [0.05, 0.1) is 6.20 Å². The number of aryl methyl sites for hydroxylation is 1. The lowest BCUT2D eigenvalue weighted by Gasteiger charge is -2.02. The predicted octanol–water partition coefficient (Wildman–Crippen LogP) is 2.59. The molecule has 0 saturated carbocycles. The number of rotatable bonds is 3. The van der Waals surface area contributed by atoms with Crippen molar-refractivity contribution in [3.8, 4) is 11.1 Å². The van der Waals surface area contributed by atoms with Crippen molar-refractivity contribution >= 4 is 12.4 Å². The number of hydrogen-bond acceptors (Lipinski definition) is 2. The molecule has 0 spiro atoms. The average Bonchev–Trinajstić information content (AvgIpc) is 2.77. The van der Waals surface area contributed by atoms with Crippen molar-refractivity contribution < 1.29 is 4.39 Å². The van der Waals surface area contributed by atoms with Crippen molar-refractivity contribution in [3.05, 3.63) is 42.0 Å². The van der Waals surface area contributed by atoms with Gasteiger partial charge in [-0.2, -0.15) is 5.10 Å². The Labute approximate surface area is 106 Å². The summed E-state index contributed by atoms with van der Waals surface area (Å²) in [6.45, 7) is 3.12. The number of hydrogen-bond donors (Lipinski definition) is 1. The third kappa shape index (κ3) is 2.84. The molecule has 1 aromatic carbocycles. The molecule has 5 heteroatoms. The molecule has 17 heavy (non-hydrogen) atoms. The molecule has 0 unspecified atom stereocenters. The normalized spacial score (nSPS) is 10.1. The first-order valence-corrected chi connectivity index (χ1v) is 5.26. The smallest absolute Gasteiger partial charge is 0.131 e. The van der Waals surface area contributed by atoms with Crippen LogP contribution in [0.2, 0.25) is 0 Å². The van der Waals surface area contributed by atoms with E-state index in [4.69, 9.17) is 5.73 Å². The quantitative estimate of drug-likeness (QED) is 0.916. The minimum absolute atomic E-state index is 0. The van der Waals surface area contributed by atoms with E-state index in [0.29, 0.717) is 12.1 Å². The molecule has 0 aliphatic carbocycles. The largest absolute Gasteiger partial charge is 0.326 e. The highest BCUT2D eigenvalue weighted by molar-refractivity contribution is 5.85. The van der Waals surface area contributed by atoms with Gasteiger partial charge in [0, 0.05) is 30.4 Å². The minimum Gasteiger partial charge on any atom is -0.326 e. The number of aromatic nitrogens is 2. The Morgan fingerprint density at radius 2 is 2.18 bits per heavy atom. The summed E-state index contributed by atoms with van der Waals surface area (Å²) in [7, 11) is 0. The first kappa shape index (κ1) is 13.7. The Balaban J connectivity index is 0.00000144. The predicted molar refractivity (Wildman–Crippen MR) is 68.4 cm³/mol. The zero-order valence-electron chi connectivity index (χ0n) is 9.56. The van der Waals surface area contributed by atoms with E-state index in [9.17, 15) is 4.39 Å². The van der Waals surface area contributed by atoms with Gasteiger partial charge in [0.2, 0.25) is 0 Å². The molecule has 0 amide bonds. The lowest BCUT2D eigenvalue weighted by Crippen LogP contribution is -1.97. The van der Waals surface area contributed by atoms with Crippen LogP contribution in [0.1, 0.15) is 12.5 Å². The lowest BCUT2D eigenvalue weighted by molar-refractivity contribution is 0.628. The summed E-state index contributed by atoms with van der Waals surface area (Å²) >= 11 is 0. The molecule has 1 aromatic heterocycles. The molecular formula is C12H15ClFN3. The van der Waals surface area contributed by atoms with Gasteiger partial charge < -0.3 is 5.73 Å². The Morgan fingerprint density at radius 1 is 1.41 bits per heavy atom. The highest BCUT2D eigenvalue weighted by atomic mass is 35.5. The van der Waals surface area contributed by atoms with Crippen molar-refractivity contribution in [2.45, 2.75) is 20.0 Å². The Bertz CT molecular complexity index is 496. The van der Waals surface area contributed by atoms with Gasteiger partial charge in [-0.3, -0.25) is 4.68 Å². The molecule has 2 N–H and O–H groups in total. The number of nitrogens with two attached hydrogens (primary N) is 1. The molecule has 0 aliphatic heterocycles. The highest BCUT2D eigenvalue weighted by Crippen LogP contribution is 2.22. The molecule has 2 rings (SSSR count). The molecule has 0 saturated heterocycles. The van der Waals surface area contributed by atoms with Crippen molar-refractivity contribution in [1.29, 1.82) is 0 Å². The van der Waals surface area contributed by atoms with Gasteiger partial charge in [-0.15, -0.1) is 12.4 Å². The zero-order valence-corrected chi connectivity index (χ0v) is 10.4.